The highest BCUT2D eigenvalue weighted by Crippen LogP contribution is 2.36. The number of benzene rings is 1. The third kappa shape index (κ3) is 10.6. The summed E-state index contributed by atoms with van der Waals surface area (Å²) in [6.45, 7) is 11.6. The summed E-state index contributed by atoms with van der Waals surface area (Å²) in [6, 6.07) is 3.37. The van der Waals surface area contributed by atoms with Crippen molar-refractivity contribution in [2.24, 2.45) is 0 Å². The fraction of sp³-hybridized carbons (Fsp3) is 0.562. The smallest absolute Gasteiger partial charge is 0.329 e. The molecule has 5 N–H and O–H groups in total. The normalized spacial score (nSPS) is 17.0. The molecule has 4 amide bonds. The van der Waals surface area contributed by atoms with Crippen molar-refractivity contribution in [3.63, 3.8) is 0 Å². The molecule has 1 aliphatic heterocycles. The van der Waals surface area contributed by atoms with Crippen LogP contribution in [0.25, 0.3) is 10.9 Å². The summed E-state index contributed by atoms with van der Waals surface area (Å²) >= 11 is 0. The molecule has 47 heavy (non-hydrogen) atoms. The molecule has 1 saturated heterocycles. The highest BCUT2D eigenvalue weighted by atomic mass is 33.1. The van der Waals surface area contributed by atoms with E-state index in [1.807, 2.05) is 45.0 Å². The maximum Gasteiger partial charge on any atom is 0.329 e. The number of nitrogens with one attached hydrogen (secondary N) is 4. The van der Waals surface area contributed by atoms with E-state index in [9.17, 15) is 28.8 Å². The minimum absolute atomic E-state index is 0.138. The first kappa shape index (κ1) is 37.7. The van der Waals surface area contributed by atoms with Gasteiger partial charge in [0, 0.05) is 47.5 Å². The van der Waals surface area contributed by atoms with Gasteiger partial charge in [0.25, 0.3) is 5.91 Å². The number of esters is 1. The Balaban J connectivity index is 1.80. The average molecular weight is 692 g/mol. The number of aliphatic carboxylic acids is 1. The number of hydrogen-bond acceptors (Lipinski definition) is 9. The molecular formula is C32H45N5O8S2. The lowest BCUT2D eigenvalue weighted by molar-refractivity contribution is -0.171. The fourth-order valence-corrected chi connectivity index (χ4v) is 7.43. The Labute approximate surface area is 282 Å². The monoisotopic (exact) mass is 691 g/mol. The molecule has 0 spiro atoms. The SMILES string of the molecule is CC(=O)NC(Cc1c[nH]c2ccccc12)C(=O)NC(CSSC(C)(C)C)C(=O)N1CCCC1C(=O)OC(C)(C)C(=O)NC(C)C(=O)O. The predicted octanol–water partition coefficient (Wildman–Crippen LogP) is 2.78. The summed E-state index contributed by atoms with van der Waals surface area (Å²) < 4.78 is 5.38. The highest BCUT2D eigenvalue weighted by Gasteiger charge is 2.43. The van der Waals surface area contributed by atoms with Crippen molar-refractivity contribution in [2.45, 2.75) is 102 Å². The Bertz CT molecular complexity index is 1490. The van der Waals surface area contributed by atoms with E-state index >= 15 is 0 Å². The number of amides is 4. The Morgan fingerprint density at radius 2 is 1.72 bits per heavy atom. The van der Waals surface area contributed by atoms with Gasteiger partial charge in [0.15, 0.2) is 5.60 Å². The molecule has 1 aromatic carbocycles. The molecule has 13 nitrogen and oxygen atoms in total. The van der Waals surface area contributed by atoms with Crippen LogP contribution in [0.4, 0.5) is 0 Å². The Morgan fingerprint density at radius 1 is 1.04 bits per heavy atom. The average Bonchev–Trinajstić information content (AvgIpc) is 3.62. The third-order valence-electron chi connectivity index (χ3n) is 7.38. The maximum atomic E-state index is 14.1. The molecular weight excluding hydrogens is 647 g/mol. The molecule has 0 radical (unpaired) electrons. The van der Waals surface area contributed by atoms with Gasteiger partial charge in [-0.15, -0.1) is 0 Å². The Hall–Kier alpha value is -3.72. The van der Waals surface area contributed by atoms with Crippen molar-refractivity contribution in [2.75, 3.05) is 12.3 Å². The number of carbonyl (C=O) groups excluding carboxylic acids is 5. The van der Waals surface area contributed by atoms with Crippen LogP contribution in [-0.4, -0.2) is 97.4 Å². The summed E-state index contributed by atoms with van der Waals surface area (Å²) in [7, 11) is 2.95. The van der Waals surface area contributed by atoms with Gasteiger partial charge in [0.1, 0.15) is 24.2 Å². The molecule has 2 aromatic rings. The number of fused-ring (bicyclic) bond motifs is 1. The van der Waals surface area contributed by atoms with E-state index in [4.69, 9.17) is 9.84 Å². The summed E-state index contributed by atoms with van der Waals surface area (Å²) in [5, 5.41) is 17.9. The minimum Gasteiger partial charge on any atom is -0.480 e. The Morgan fingerprint density at radius 3 is 2.36 bits per heavy atom. The van der Waals surface area contributed by atoms with Gasteiger partial charge in [-0.1, -0.05) is 60.6 Å². The quantitative estimate of drug-likeness (QED) is 0.146. The van der Waals surface area contributed by atoms with E-state index in [0.717, 1.165) is 16.5 Å². The molecule has 1 fully saturated rings. The predicted molar refractivity (Wildman–Crippen MR) is 181 cm³/mol. The lowest BCUT2D eigenvalue weighted by atomic mass is 10.0. The zero-order chi connectivity index (χ0) is 35.1. The van der Waals surface area contributed by atoms with Gasteiger partial charge in [-0.2, -0.15) is 0 Å². The van der Waals surface area contributed by atoms with Crippen molar-refractivity contribution in [3.05, 3.63) is 36.0 Å². The maximum absolute atomic E-state index is 14.1. The Kier molecular flexibility index (Phi) is 12.8. The van der Waals surface area contributed by atoms with Crippen LogP contribution in [0.1, 0.15) is 66.9 Å². The standard InChI is InChI=1S/C32H45N5O8S2/c1-18(28(41)42)34-30(44)32(6,7)45-29(43)25-13-10-14-37(25)27(40)24(17-46-47-31(3,4)5)36-26(39)23(35-19(2)38)15-20-16-33-22-12-9-8-11-21(20)22/h8-9,11-12,16,18,23-25,33H,10,13-15,17H2,1-7H3,(H,34,44)(H,35,38)(H,36,39)(H,41,42). The van der Waals surface area contributed by atoms with Crippen LogP contribution in [0.5, 0.6) is 0 Å². The lowest BCUT2D eigenvalue weighted by Gasteiger charge is -2.32. The minimum atomic E-state index is -1.71. The molecule has 258 valence electrons. The third-order valence-corrected chi connectivity index (χ3v) is 10.7. The first-order chi connectivity index (χ1) is 21.9. The van der Waals surface area contributed by atoms with Crippen molar-refractivity contribution in [1.29, 1.82) is 0 Å². The van der Waals surface area contributed by atoms with Gasteiger partial charge in [0.05, 0.1) is 0 Å². The number of nitrogens with zero attached hydrogens (tertiary/aromatic N) is 1. The van der Waals surface area contributed by atoms with Crippen LogP contribution in [0.2, 0.25) is 0 Å². The van der Waals surface area contributed by atoms with E-state index in [2.05, 4.69) is 20.9 Å². The van der Waals surface area contributed by atoms with Gasteiger partial charge in [-0.05, 0) is 45.2 Å². The van der Waals surface area contributed by atoms with Crippen molar-refractivity contribution in [3.8, 4) is 0 Å². The molecule has 1 aliphatic rings. The molecule has 0 saturated carbocycles. The number of carbonyl (C=O) groups is 6. The molecule has 4 unspecified atom stereocenters. The van der Waals surface area contributed by atoms with Crippen molar-refractivity contribution < 1.29 is 38.6 Å². The summed E-state index contributed by atoms with van der Waals surface area (Å²) in [5.41, 5.74) is -0.00206. The zero-order valence-electron chi connectivity index (χ0n) is 27.8. The van der Waals surface area contributed by atoms with E-state index in [-0.39, 0.29) is 29.9 Å². The molecule has 15 heteroatoms. The van der Waals surface area contributed by atoms with Crippen LogP contribution in [0.15, 0.2) is 30.5 Å². The molecule has 0 bridgehead atoms. The van der Waals surface area contributed by atoms with E-state index in [1.165, 1.54) is 43.4 Å². The van der Waals surface area contributed by atoms with E-state index in [0.29, 0.717) is 6.42 Å². The number of carboxylic acids is 1. The van der Waals surface area contributed by atoms with Gasteiger partial charge in [-0.25, -0.2) is 4.79 Å². The number of aromatic amines is 1. The second kappa shape index (κ2) is 15.9. The number of H-pyrrole nitrogens is 1. The van der Waals surface area contributed by atoms with Crippen LogP contribution in [-0.2, 0) is 39.9 Å². The number of carboxylic acid groups (broad SMARTS) is 1. The van der Waals surface area contributed by atoms with Crippen molar-refractivity contribution in [1.82, 2.24) is 25.8 Å². The number of para-hydroxylation sites is 1. The molecule has 3 rings (SSSR count). The van der Waals surface area contributed by atoms with Crippen LogP contribution in [0.3, 0.4) is 0 Å². The summed E-state index contributed by atoms with van der Waals surface area (Å²) in [4.78, 5) is 81.7. The highest BCUT2D eigenvalue weighted by molar-refractivity contribution is 8.77. The van der Waals surface area contributed by atoms with Crippen LogP contribution < -0.4 is 16.0 Å². The summed E-state index contributed by atoms with van der Waals surface area (Å²) in [5.74, 6) is -4.11. The van der Waals surface area contributed by atoms with E-state index in [1.54, 1.807) is 17.0 Å². The van der Waals surface area contributed by atoms with Gasteiger partial charge in [0.2, 0.25) is 17.7 Å². The van der Waals surface area contributed by atoms with Crippen molar-refractivity contribution >= 4 is 68.1 Å². The number of aromatic nitrogens is 1. The van der Waals surface area contributed by atoms with Crippen LogP contribution in [0, 0.1) is 0 Å². The first-order valence-corrected chi connectivity index (χ1v) is 17.7. The first-order valence-electron chi connectivity index (χ1n) is 15.4. The molecule has 1 aromatic heterocycles. The van der Waals surface area contributed by atoms with Gasteiger partial charge in [-0.3, -0.25) is 24.0 Å². The second-order valence-electron chi connectivity index (χ2n) is 13.0. The fourth-order valence-electron chi connectivity index (χ4n) is 4.97. The molecule has 2 heterocycles. The molecule has 4 atom stereocenters. The number of hydrogen-bond donors (Lipinski definition) is 5. The van der Waals surface area contributed by atoms with E-state index < -0.39 is 65.3 Å². The van der Waals surface area contributed by atoms with Crippen LogP contribution >= 0.6 is 21.6 Å². The topological polar surface area (TPSA) is 187 Å². The van der Waals surface area contributed by atoms with Gasteiger partial charge >= 0.3 is 11.9 Å². The number of ether oxygens (including phenoxy) is 1. The number of rotatable bonds is 14. The molecule has 0 aliphatic carbocycles. The van der Waals surface area contributed by atoms with Gasteiger partial charge < -0.3 is 35.7 Å². The number of likely N-dealkylation sites (tertiary alicyclic amines) is 1. The lowest BCUT2D eigenvalue weighted by Crippen LogP contribution is -2.57. The second-order valence-corrected chi connectivity index (χ2v) is 16.2. The largest absolute Gasteiger partial charge is 0.480 e. The zero-order valence-corrected chi connectivity index (χ0v) is 29.4. The summed E-state index contributed by atoms with van der Waals surface area (Å²) in [6.07, 6.45) is 2.74.